The SMILES string of the molecule is CCOC(=O)C1=C(C)N=c2s/c(=C\c3cc(Br)c(OC)c(Br)c3)c(=O)n2[C@@H]1c1ccc(SC)cc1. The summed E-state index contributed by atoms with van der Waals surface area (Å²) in [5.41, 5.74) is 2.34. The molecule has 0 spiro atoms. The Bertz CT molecular complexity index is 1480. The van der Waals surface area contributed by atoms with Crippen molar-refractivity contribution in [2.75, 3.05) is 20.0 Å². The summed E-state index contributed by atoms with van der Waals surface area (Å²) in [5.74, 6) is 0.206. The summed E-state index contributed by atoms with van der Waals surface area (Å²) in [6.45, 7) is 3.78. The van der Waals surface area contributed by atoms with Gasteiger partial charge in [-0.2, -0.15) is 0 Å². The monoisotopic (exact) mass is 636 g/mol. The van der Waals surface area contributed by atoms with Crippen molar-refractivity contribution in [2.24, 2.45) is 4.99 Å². The molecule has 0 aliphatic carbocycles. The van der Waals surface area contributed by atoms with E-state index in [9.17, 15) is 9.59 Å². The molecule has 0 N–H and O–H groups in total. The number of fused-ring (bicyclic) bond motifs is 1. The van der Waals surface area contributed by atoms with E-state index in [4.69, 9.17) is 9.47 Å². The summed E-state index contributed by atoms with van der Waals surface area (Å²) in [5, 5.41) is 0. The Kier molecular flexibility index (Phi) is 8.05. The smallest absolute Gasteiger partial charge is 0.338 e. The molecule has 1 atom stereocenters. The number of carbonyl (C=O) groups excluding carboxylic acids is 1. The zero-order valence-corrected chi connectivity index (χ0v) is 24.2. The van der Waals surface area contributed by atoms with E-state index in [-0.39, 0.29) is 12.2 Å². The summed E-state index contributed by atoms with van der Waals surface area (Å²) >= 11 is 9.94. The molecule has 0 amide bonds. The van der Waals surface area contributed by atoms with Crippen molar-refractivity contribution in [3.8, 4) is 5.75 Å². The number of thiazole rings is 1. The summed E-state index contributed by atoms with van der Waals surface area (Å²) in [6.07, 6.45) is 3.82. The Morgan fingerprint density at radius 2 is 1.89 bits per heavy atom. The molecule has 182 valence electrons. The second-order valence-electron chi connectivity index (χ2n) is 7.59. The Labute approximate surface area is 227 Å². The van der Waals surface area contributed by atoms with E-state index in [2.05, 4.69) is 36.9 Å². The van der Waals surface area contributed by atoms with Crippen molar-refractivity contribution in [2.45, 2.75) is 24.8 Å². The highest BCUT2D eigenvalue weighted by atomic mass is 79.9. The van der Waals surface area contributed by atoms with Gasteiger partial charge in [0.25, 0.3) is 5.56 Å². The molecule has 1 aliphatic heterocycles. The first-order valence-corrected chi connectivity index (χ1v) is 14.3. The van der Waals surface area contributed by atoms with Crippen LogP contribution >= 0.6 is 55.0 Å². The van der Waals surface area contributed by atoms with Crippen LogP contribution in [-0.2, 0) is 9.53 Å². The molecule has 0 fully saturated rings. The van der Waals surface area contributed by atoms with Gasteiger partial charge >= 0.3 is 5.97 Å². The Balaban J connectivity index is 1.93. The zero-order chi connectivity index (χ0) is 25.3. The molecule has 1 aromatic heterocycles. The number of thioether (sulfide) groups is 1. The zero-order valence-electron chi connectivity index (χ0n) is 19.4. The van der Waals surface area contributed by atoms with Gasteiger partial charge < -0.3 is 9.47 Å². The minimum Gasteiger partial charge on any atom is -0.494 e. The molecule has 0 saturated heterocycles. The molecule has 35 heavy (non-hydrogen) atoms. The van der Waals surface area contributed by atoms with Gasteiger partial charge in [0.2, 0.25) is 0 Å². The van der Waals surface area contributed by atoms with E-state index < -0.39 is 12.0 Å². The number of esters is 1. The van der Waals surface area contributed by atoms with Gasteiger partial charge in [0.05, 0.1) is 44.5 Å². The van der Waals surface area contributed by atoms with Gasteiger partial charge in [-0.1, -0.05) is 23.5 Å². The second-order valence-corrected chi connectivity index (χ2v) is 11.2. The van der Waals surface area contributed by atoms with Crippen LogP contribution in [0.5, 0.6) is 5.75 Å². The van der Waals surface area contributed by atoms with Crippen LogP contribution in [0.25, 0.3) is 6.08 Å². The fourth-order valence-corrected chi connectivity index (χ4v) is 6.90. The van der Waals surface area contributed by atoms with Gasteiger partial charge in [-0.05, 0) is 93.4 Å². The highest BCUT2D eigenvalue weighted by molar-refractivity contribution is 9.11. The van der Waals surface area contributed by atoms with E-state index in [0.717, 1.165) is 25.0 Å². The van der Waals surface area contributed by atoms with Gasteiger partial charge in [0.1, 0.15) is 5.75 Å². The molecular formula is C25H22Br2N2O4S2. The Morgan fingerprint density at radius 3 is 2.46 bits per heavy atom. The molecule has 0 unspecified atom stereocenters. The first-order valence-electron chi connectivity index (χ1n) is 10.7. The lowest BCUT2D eigenvalue weighted by Gasteiger charge is -2.24. The minimum absolute atomic E-state index is 0.218. The van der Waals surface area contributed by atoms with Crippen LogP contribution in [0.1, 0.15) is 31.0 Å². The first-order chi connectivity index (χ1) is 16.8. The van der Waals surface area contributed by atoms with Crippen LogP contribution < -0.4 is 19.6 Å². The van der Waals surface area contributed by atoms with Gasteiger partial charge in [-0.3, -0.25) is 9.36 Å². The molecule has 0 bridgehead atoms. The number of halogens is 2. The average molecular weight is 638 g/mol. The third-order valence-electron chi connectivity index (χ3n) is 5.47. The number of methoxy groups -OCH3 is 1. The lowest BCUT2D eigenvalue weighted by atomic mass is 9.96. The third-order valence-corrected chi connectivity index (χ3v) is 8.38. The second kappa shape index (κ2) is 10.9. The minimum atomic E-state index is -0.627. The Morgan fingerprint density at radius 1 is 1.23 bits per heavy atom. The number of aromatic nitrogens is 1. The number of nitrogens with zero attached hydrogens (tertiary/aromatic N) is 2. The van der Waals surface area contributed by atoms with Crippen LogP contribution in [0.15, 0.2) is 71.3 Å². The lowest BCUT2D eigenvalue weighted by molar-refractivity contribution is -0.139. The van der Waals surface area contributed by atoms with Crippen molar-refractivity contribution in [1.29, 1.82) is 0 Å². The molecular weight excluding hydrogens is 616 g/mol. The summed E-state index contributed by atoms with van der Waals surface area (Å²) < 4.78 is 14.4. The maximum Gasteiger partial charge on any atom is 0.338 e. The van der Waals surface area contributed by atoms with E-state index in [0.29, 0.717) is 26.4 Å². The summed E-state index contributed by atoms with van der Waals surface area (Å²) in [6, 6.07) is 11.0. The van der Waals surface area contributed by atoms with Crippen molar-refractivity contribution in [3.63, 3.8) is 0 Å². The van der Waals surface area contributed by atoms with Crippen LogP contribution in [-0.4, -0.2) is 30.5 Å². The van der Waals surface area contributed by atoms with Crippen LogP contribution in [0.4, 0.5) is 0 Å². The van der Waals surface area contributed by atoms with Crippen LogP contribution in [0.3, 0.4) is 0 Å². The van der Waals surface area contributed by atoms with Crippen molar-refractivity contribution in [1.82, 2.24) is 4.57 Å². The summed E-state index contributed by atoms with van der Waals surface area (Å²) in [4.78, 5) is 32.9. The fourth-order valence-electron chi connectivity index (χ4n) is 3.90. The predicted molar refractivity (Wildman–Crippen MR) is 147 cm³/mol. The highest BCUT2D eigenvalue weighted by Gasteiger charge is 2.33. The molecule has 3 aromatic rings. The van der Waals surface area contributed by atoms with E-state index in [1.165, 1.54) is 11.3 Å². The molecule has 1 aliphatic rings. The van der Waals surface area contributed by atoms with Gasteiger partial charge in [0, 0.05) is 4.90 Å². The largest absolute Gasteiger partial charge is 0.494 e. The molecule has 10 heteroatoms. The topological polar surface area (TPSA) is 69.9 Å². The highest BCUT2D eigenvalue weighted by Crippen LogP contribution is 2.35. The standard InChI is InChI=1S/C25H22Br2N2O4S2/c1-5-33-24(31)20-13(2)28-25-29(21(20)15-6-8-16(34-4)9-7-15)23(30)19(35-25)12-14-10-17(26)22(32-3)18(27)11-14/h6-12,21H,5H2,1-4H3/b19-12-/t21-/m1/s1. The van der Waals surface area contributed by atoms with E-state index >= 15 is 0 Å². The summed E-state index contributed by atoms with van der Waals surface area (Å²) in [7, 11) is 1.60. The van der Waals surface area contributed by atoms with Crippen molar-refractivity contribution < 1.29 is 14.3 Å². The van der Waals surface area contributed by atoms with Gasteiger partial charge in [-0.15, -0.1) is 11.8 Å². The molecule has 2 heterocycles. The lowest BCUT2D eigenvalue weighted by Crippen LogP contribution is -2.39. The van der Waals surface area contributed by atoms with Crippen LogP contribution in [0.2, 0.25) is 0 Å². The molecule has 0 saturated carbocycles. The molecule has 2 aromatic carbocycles. The first kappa shape index (κ1) is 25.9. The number of benzene rings is 2. The van der Waals surface area contributed by atoms with Crippen LogP contribution in [0, 0.1) is 0 Å². The number of hydrogen-bond donors (Lipinski definition) is 0. The number of ether oxygens (including phenoxy) is 2. The van der Waals surface area contributed by atoms with Crippen molar-refractivity contribution in [3.05, 3.63) is 87.4 Å². The third kappa shape index (κ3) is 5.07. The van der Waals surface area contributed by atoms with Crippen molar-refractivity contribution >= 4 is 67.0 Å². The van der Waals surface area contributed by atoms with Gasteiger partial charge in [0.15, 0.2) is 4.80 Å². The maximum absolute atomic E-state index is 13.7. The quantitative estimate of drug-likeness (QED) is 0.279. The number of carbonyl (C=O) groups is 1. The predicted octanol–water partition coefficient (Wildman–Crippen LogP) is 5.05. The average Bonchev–Trinajstić information content (AvgIpc) is 3.12. The van der Waals surface area contributed by atoms with E-state index in [1.54, 1.807) is 37.3 Å². The number of hydrogen-bond acceptors (Lipinski definition) is 7. The molecule has 6 nitrogen and oxygen atoms in total. The number of rotatable bonds is 6. The van der Waals surface area contributed by atoms with E-state index in [1.807, 2.05) is 48.7 Å². The molecule has 0 radical (unpaired) electrons. The fraction of sp³-hybridized carbons (Fsp3) is 0.240. The van der Waals surface area contributed by atoms with Gasteiger partial charge in [-0.25, -0.2) is 9.79 Å². The molecule has 4 rings (SSSR count). The normalized spacial score (nSPS) is 15.6. The Hall–Kier alpha value is -2.14. The number of allylic oxidation sites excluding steroid dienone is 1. The maximum atomic E-state index is 13.7.